The van der Waals surface area contributed by atoms with E-state index in [1.165, 1.54) is 4.90 Å². The van der Waals surface area contributed by atoms with Crippen molar-refractivity contribution in [1.82, 2.24) is 30.2 Å². The molecule has 0 radical (unpaired) electrons. The van der Waals surface area contributed by atoms with Crippen molar-refractivity contribution < 1.29 is 14.4 Å². The number of aromatic nitrogens is 4. The second-order valence-corrected chi connectivity index (χ2v) is 8.38. The van der Waals surface area contributed by atoms with Gasteiger partial charge in [-0.05, 0) is 36.1 Å². The Morgan fingerprint density at radius 2 is 1.94 bits per heavy atom. The van der Waals surface area contributed by atoms with Crippen LogP contribution in [0.2, 0.25) is 0 Å². The molecule has 4 heterocycles. The summed E-state index contributed by atoms with van der Waals surface area (Å²) in [6.07, 6.45) is 4.17. The topological polar surface area (TPSA) is 110 Å². The summed E-state index contributed by atoms with van der Waals surface area (Å²) in [5.74, 6) is -0.559. The van der Waals surface area contributed by atoms with E-state index in [0.717, 1.165) is 22.5 Å². The van der Waals surface area contributed by atoms with E-state index in [1.54, 1.807) is 23.0 Å². The number of rotatable bonds is 4. The Kier molecular flexibility index (Phi) is 4.80. The van der Waals surface area contributed by atoms with Gasteiger partial charge in [-0.15, -0.1) is 5.10 Å². The van der Waals surface area contributed by atoms with Crippen LogP contribution in [-0.4, -0.2) is 48.6 Å². The second-order valence-electron chi connectivity index (χ2n) is 8.38. The number of benzene rings is 1. The minimum absolute atomic E-state index is 0.220. The van der Waals surface area contributed by atoms with E-state index in [-0.39, 0.29) is 24.8 Å². The van der Waals surface area contributed by atoms with Gasteiger partial charge in [0.2, 0.25) is 11.8 Å². The number of carbonyl (C=O) groups is 3. The minimum atomic E-state index is -0.657. The van der Waals surface area contributed by atoms with Gasteiger partial charge in [0.1, 0.15) is 11.7 Å². The summed E-state index contributed by atoms with van der Waals surface area (Å²) in [5.41, 5.74) is 4.53. The van der Waals surface area contributed by atoms with Crippen LogP contribution in [0.1, 0.15) is 54.1 Å². The first-order chi connectivity index (χ1) is 15.4. The lowest BCUT2D eigenvalue weighted by atomic mass is 10.0. The van der Waals surface area contributed by atoms with E-state index in [1.807, 2.05) is 24.4 Å². The number of hydrogen-bond acceptors (Lipinski definition) is 6. The van der Waals surface area contributed by atoms with E-state index < -0.39 is 11.9 Å². The molecule has 2 aliphatic rings. The van der Waals surface area contributed by atoms with Crippen LogP contribution < -0.4 is 5.32 Å². The molecule has 1 N–H and O–H groups in total. The molecule has 9 heteroatoms. The van der Waals surface area contributed by atoms with Gasteiger partial charge in [0.05, 0.1) is 17.6 Å². The molecule has 1 saturated heterocycles. The van der Waals surface area contributed by atoms with Crippen molar-refractivity contribution in [3.05, 3.63) is 59.4 Å². The summed E-state index contributed by atoms with van der Waals surface area (Å²) >= 11 is 0. The van der Waals surface area contributed by atoms with Gasteiger partial charge in [-0.2, -0.15) is 0 Å². The zero-order chi connectivity index (χ0) is 22.4. The smallest absolute Gasteiger partial charge is 0.255 e. The Balaban J connectivity index is 1.44. The SMILES string of the molecule is CC(C)c1ccc(-c2cn(-c3cccc4c3CN(C3CCC(=O)NC3=O)C4=O)nn2)nc1. The van der Waals surface area contributed by atoms with E-state index in [0.29, 0.717) is 23.6 Å². The average Bonchev–Trinajstić information content (AvgIpc) is 3.39. The number of imide groups is 1. The molecule has 1 fully saturated rings. The minimum Gasteiger partial charge on any atom is -0.322 e. The number of piperidine rings is 1. The molecule has 9 nitrogen and oxygen atoms in total. The van der Waals surface area contributed by atoms with E-state index >= 15 is 0 Å². The largest absolute Gasteiger partial charge is 0.322 e. The van der Waals surface area contributed by atoms with E-state index in [4.69, 9.17) is 0 Å². The number of nitrogens with one attached hydrogen (secondary N) is 1. The summed E-state index contributed by atoms with van der Waals surface area (Å²) < 4.78 is 1.63. The van der Waals surface area contributed by atoms with Crippen molar-refractivity contribution in [3.8, 4) is 17.1 Å². The number of pyridine rings is 1. The fourth-order valence-electron chi connectivity index (χ4n) is 4.18. The van der Waals surface area contributed by atoms with Gasteiger partial charge >= 0.3 is 0 Å². The van der Waals surface area contributed by atoms with Crippen molar-refractivity contribution in [2.24, 2.45) is 0 Å². The van der Waals surface area contributed by atoms with Crippen LogP contribution in [-0.2, 0) is 16.1 Å². The first-order valence-electron chi connectivity index (χ1n) is 10.6. The number of fused-ring (bicyclic) bond motifs is 1. The highest BCUT2D eigenvalue weighted by Gasteiger charge is 2.40. The number of nitrogens with zero attached hydrogens (tertiary/aromatic N) is 5. The summed E-state index contributed by atoms with van der Waals surface area (Å²) in [6, 6.07) is 8.70. The highest BCUT2D eigenvalue weighted by atomic mass is 16.2. The standard InChI is InChI=1S/C23H22N6O3/c1-13(2)14-6-7-17(24-10-14)18-12-29(27-26-18)19-5-3-4-15-16(19)11-28(23(15)32)20-8-9-21(30)25-22(20)31/h3-7,10,12-13,20H,8-9,11H2,1-2H3,(H,25,30,31). The Bertz CT molecular complexity index is 1230. The first kappa shape index (κ1) is 20.0. The summed E-state index contributed by atoms with van der Waals surface area (Å²) in [5, 5.41) is 10.8. The molecule has 0 spiro atoms. The molecule has 5 rings (SSSR count). The molecule has 3 aromatic rings. The quantitative estimate of drug-likeness (QED) is 0.636. The fraction of sp³-hybridized carbons (Fsp3) is 0.304. The van der Waals surface area contributed by atoms with Crippen molar-refractivity contribution in [2.75, 3.05) is 0 Å². The Labute approximate surface area is 184 Å². The van der Waals surface area contributed by atoms with Gasteiger partial charge in [-0.25, -0.2) is 4.68 Å². The second kappa shape index (κ2) is 7.67. The number of carbonyl (C=O) groups excluding carboxylic acids is 3. The highest BCUT2D eigenvalue weighted by molar-refractivity contribution is 6.05. The molecule has 2 aromatic heterocycles. The number of hydrogen-bond donors (Lipinski definition) is 1. The van der Waals surface area contributed by atoms with Crippen LogP contribution in [0.15, 0.2) is 42.7 Å². The van der Waals surface area contributed by atoms with Crippen molar-refractivity contribution in [1.29, 1.82) is 0 Å². The van der Waals surface area contributed by atoms with Crippen LogP contribution in [0.3, 0.4) is 0 Å². The zero-order valence-corrected chi connectivity index (χ0v) is 17.8. The fourth-order valence-corrected chi connectivity index (χ4v) is 4.18. The highest BCUT2D eigenvalue weighted by Crippen LogP contribution is 2.31. The summed E-state index contributed by atoms with van der Waals surface area (Å²) in [4.78, 5) is 42.8. The van der Waals surface area contributed by atoms with Crippen molar-refractivity contribution in [3.63, 3.8) is 0 Å². The van der Waals surface area contributed by atoms with Gasteiger partial charge in [0.25, 0.3) is 5.91 Å². The lowest BCUT2D eigenvalue weighted by Gasteiger charge is -2.29. The van der Waals surface area contributed by atoms with Crippen LogP contribution in [0.5, 0.6) is 0 Å². The third-order valence-electron chi connectivity index (χ3n) is 6.01. The predicted molar refractivity (Wildman–Crippen MR) is 115 cm³/mol. The molecule has 1 atom stereocenters. The molecular formula is C23H22N6O3. The lowest BCUT2D eigenvalue weighted by Crippen LogP contribution is -2.52. The van der Waals surface area contributed by atoms with Gasteiger partial charge in [-0.3, -0.25) is 24.7 Å². The number of amides is 3. The molecule has 0 aliphatic carbocycles. The third-order valence-corrected chi connectivity index (χ3v) is 6.01. The summed E-state index contributed by atoms with van der Waals surface area (Å²) in [6.45, 7) is 4.50. The maximum Gasteiger partial charge on any atom is 0.255 e. The van der Waals surface area contributed by atoms with E-state index in [2.05, 4.69) is 34.5 Å². The monoisotopic (exact) mass is 430 g/mol. The molecule has 32 heavy (non-hydrogen) atoms. The lowest BCUT2D eigenvalue weighted by molar-refractivity contribution is -0.136. The molecular weight excluding hydrogens is 408 g/mol. The Morgan fingerprint density at radius 1 is 1.09 bits per heavy atom. The molecule has 2 aliphatic heterocycles. The molecule has 0 bridgehead atoms. The normalized spacial score (nSPS) is 18.3. The van der Waals surface area contributed by atoms with Gasteiger partial charge in [-0.1, -0.05) is 31.2 Å². The van der Waals surface area contributed by atoms with E-state index in [9.17, 15) is 14.4 Å². The van der Waals surface area contributed by atoms with Gasteiger partial charge < -0.3 is 4.90 Å². The zero-order valence-electron chi connectivity index (χ0n) is 17.8. The van der Waals surface area contributed by atoms with Crippen LogP contribution in [0.4, 0.5) is 0 Å². The molecule has 1 unspecified atom stereocenters. The Hall–Kier alpha value is -3.88. The van der Waals surface area contributed by atoms with Crippen molar-refractivity contribution in [2.45, 2.75) is 45.2 Å². The molecule has 162 valence electrons. The average molecular weight is 430 g/mol. The van der Waals surface area contributed by atoms with Crippen LogP contribution in [0.25, 0.3) is 17.1 Å². The molecule has 0 saturated carbocycles. The van der Waals surface area contributed by atoms with Crippen LogP contribution >= 0.6 is 0 Å². The van der Waals surface area contributed by atoms with Gasteiger partial charge in [0.15, 0.2) is 0 Å². The molecule has 1 aromatic carbocycles. The van der Waals surface area contributed by atoms with Crippen molar-refractivity contribution >= 4 is 17.7 Å². The predicted octanol–water partition coefficient (Wildman–Crippen LogP) is 2.21. The Morgan fingerprint density at radius 3 is 2.66 bits per heavy atom. The maximum absolute atomic E-state index is 13.0. The maximum atomic E-state index is 13.0. The first-order valence-corrected chi connectivity index (χ1v) is 10.6. The molecule has 3 amide bonds. The van der Waals surface area contributed by atoms with Crippen LogP contribution in [0, 0.1) is 0 Å². The summed E-state index contributed by atoms with van der Waals surface area (Å²) in [7, 11) is 0. The third kappa shape index (κ3) is 3.35. The van der Waals surface area contributed by atoms with Gasteiger partial charge in [0, 0.05) is 30.3 Å².